The van der Waals surface area contributed by atoms with Crippen LogP contribution >= 0.6 is 0 Å². The van der Waals surface area contributed by atoms with Gasteiger partial charge in [0.2, 0.25) is 0 Å². The fourth-order valence-corrected chi connectivity index (χ4v) is 6.89. The van der Waals surface area contributed by atoms with Crippen molar-refractivity contribution in [3.63, 3.8) is 0 Å². The lowest BCUT2D eigenvalue weighted by Gasteiger charge is -2.18. The zero-order chi connectivity index (χ0) is 43.7. The van der Waals surface area contributed by atoms with Crippen LogP contribution < -0.4 is 0 Å². The number of unbranched alkanes of at least 4 members (excludes halogenated alkanes) is 24. The maximum atomic E-state index is 12.8. The molecule has 0 saturated carbocycles. The van der Waals surface area contributed by atoms with Crippen LogP contribution in [-0.4, -0.2) is 37.2 Å². The van der Waals surface area contributed by atoms with Crippen LogP contribution in [0.4, 0.5) is 0 Å². The highest BCUT2D eigenvalue weighted by atomic mass is 16.6. The van der Waals surface area contributed by atoms with E-state index in [1.807, 2.05) is 0 Å². The molecule has 6 heteroatoms. The second-order valence-electron chi connectivity index (χ2n) is 16.7. The molecule has 6 nitrogen and oxygen atoms in total. The zero-order valence-electron chi connectivity index (χ0n) is 39.5. The van der Waals surface area contributed by atoms with Crippen molar-refractivity contribution in [3.8, 4) is 0 Å². The minimum Gasteiger partial charge on any atom is -0.462 e. The highest BCUT2D eigenvalue weighted by molar-refractivity contribution is 5.71. The quantitative estimate of drug-likeness (QED) is 0.0263. The third-order valence-corrected chi connectivity index (χ3v) is 10.7. The van der Waals surface area contributed by atoms with Gasteiger partial charge in [0.05, 0.1) is 0 Å². The molecule has 0 aromatic heterocycles. The molecule has 0 heterocycles. The van der Waals surface area contributed by atoms with Crippen LogP contribution in [0.25, 0.3) is 0 Å². The molecule has 0 bridgehead atoms. The van der Waals surface area contributed by atoms with Gasteiger partial charge in [0.15, 0.2) is 6.10 Å². The van der Waals surface area contributed by atoms with Crippen LogP contribution in [0, 0.1) is 0 Å². The SMILES string of the molecule is CCCC/C=C\CCCCCCCC(=O)OCC(COC(=O)CCC/C=C\C/C=C\C/C=C\C/C=C\CCCCC)OC(=O)CCCCCCCCCCCCCCCC. The third-order valence-electron chi connectivity index (χ3n) is 10.7. The van der Waals surface area contributed by atoms with Gasteiger partial charge in [-0.05, 0) is 77.0 Å². The van der Waals surface area contributed by atoms with Crippen LogP contribution in [0.3, 0.4) is 0 Å². The average Bonchev–Trinajstić information content (AvgIpc) is 3.24. The van der Waals surface area contributed by atoms with Crippen LogP contribution in [0.5, 0.6) is 0 Å². The molecule has 0 saturated heterocycles. The Hall–Kier alpha value is -2.89. The van der Waals surface area contributed by atoms with Crippen LogP contribution in [-0.2, 0) is 28.6 Å². The van der Waals surface area contributed by atoms with Gasteiger partial charge in [-0.3, -0.25) is 14.4 Å². The van der Waals surface area contributed by atoms with Gasteiger partial charge < -0.3 is 14.2 Å². The number of esters is 3. The van der Waals surface area contributed by atoms with Crippen LogP contribution in [0.2, 0.25) is 0 Å². The van der Waals surface area contributed by atoms with Crippen molar-refractivity contribution < 1.29 is 28.6 Å². The normalized spacial score (nSPS) is 12.5. The van der Waals surface area contributed by atoms with Gasteiger partial charge in [0.25, 0.3) is 0 Å². The van der Waals surface area contributed by atoms with Gasteiger partial charge in [-0.1, -0.05) is 210 Å². The second kappa shape index (κ2) is 48.8. The molecule has 0 aliphatic carbocycles. The van der Waals surface area contributed by atoms with Gasteiger partial charge >= 0.3 is 17.9 Å². The summed E-state index contributed by atoms with van der Waals surface area (Å²) < 4.78 is 16.7. The Kier molecular flexibility index (Phi) is 46.4. The number of hydrogen-bond donors (Lipinski definition) is 0. The molecule has 0 rings (SSSR count). The molecule has 346 valence electrons. The van der Waals surface area contributed by atoms with Gasteiger partial charge in [-0.15, -0.1) is 0 Å². The topological polar surface area (TPSA) is 78.9 Å². The molecule has 0 spiro atoms. The molecule has 0 aliphatic heterocycles. The Balaban J connectivity index is 4.45. The van der Waals surface area contributed by atoms with Crippen molar-refractivity contribution in [2.75, 3.05) is 13.2 Å². The number of allylic oxidation sites excluding steroid dienone is 10. The highest BCUT2D eigenvalue weighted by Gasteiger charge is 2.19. The molecular weight excluding hydrogens is 745 g/mol. The summed E-state index contributed by atoms with van der Waals surface area (Å²) in [6.07, 6.45) is 59.2. The smallest absolute Gasteiger partial charge is 0.306 e. The predicted octanol–water partition coefficient (Wildman–Crippen LogP) is 16.5. The Morgan fingerprint density at radius 2 is 0.633 bits per heavy atom. The fourth-order valence-electron chi connectivity index (χ4n) is 6.89. The lowest BCUT2D eigenvalue weighted by Crippen LogP contribution is -2.30. The van der Waals surface area contributed by atoms with E-state index >= 15 is 0 Å². The summed E-state index contributed by atoms with van der Waals surface area (Å²) in [5, 5.41) is 0. The Morgan fingerprint density at radius 3 is 1.10 bits per heavy atom. The van der Waals surface area contributed by atoms with Crippen molar-refractivity contribution in [1.29, 1.82) is 0 Å². The monoisotopic (exact) mass is 839 g/mol. The van der Waals surface area contributed by atoms with Gasteiger partial charge in [-0.25, -0.2) is 0 Å². The summed E-state index contributed by atoms with van der Waals surface area (Å²) in [7, 11) is 0. The maximum absolute atomic E-state index is 12.8. The van der Waals surface area contributed by atoms with E-state index in [1.54, 1.807) is 0 Å². The van der Waals surface area contributed by atoms with E-state index in [0.29, 0.717) is 19.3 Å². The first-order chi connectivity index (χ1) is 29.5. The van der Waals surface area contributed by atoms with E-state index in [1.165, 1.54) is 128 Å². The Bertz CT molecular complexity index is 1100. The second-order valence-corrected chi connectivity index (χ2v) is 16.7. The van der Waals surface area contributed by atoms with E-state index in [2.05, 4.69) is 81.5 Å². The standard InChI is InChI=1S/C54H94O6/c1-4-7-10-13-16-19-22-24-26-27-28-30-32-35-38-41-44-47-53(56)59-50-51(49-58-52(55)46-43-40-37-34-31-21-18-15-12-9-6-3)60-54(57)48-45-42-39-36-33-29-25-23-20-17-14-11-8-5-2/h15-16,18-19,24,26,28,30,35,38,51H,4-14,17,20-23,25,27,29,31-34,36-37,39-50H2,1-3H3/b18-15-,19-16-,26-24-,30-28-,38-35-. The molecule has 1 unspecified atom stereocenters. The molecule has 0 radical (unpaired) electrons. The molecule has 0 aliphatic rings. The summed E-state index contributed by atoms with van der Waals surface area (Å²) in [5.41, 5.74) is 0. The Labute approximate surface area is 370 Å². The zero-order valence-corrected chi connectivity index (χ0v) is 39.5. The van der Waals surface area contributed by atoms with E-state index < -0.39 is 6.10 Å². The number of carbonyl (C=O) groups is 3. The van der Waals surface area contributed by atoms with Crippen molar-refractivity contribution in [3.05, 3.63) is 60.8 Å². The number of ether oxygens (including phenoxy) is 3. The summed E-state index contributed by atoms with van der Waals surface area (Å²) in [4.78, 5) is 37.9. The first-order valence-corrected chi connectivity index (χ1v) is 25.3. The molecule has 0 amide bonds. The first-order valence-electron chi connectivity index (χ1n) is 25.3. The van der Waals surface area contributed by atoms with E-state index in [4.69, 9.17) is 14.2 Å². The number of carbonyl (C=O) groups excluding carboxylic acids is 3. The van der Waals surface area contributed by atoms with Gasteiger partial charge in [-0.2, -0.15) is 0 Å². The number of hydrogen-bond acceptors (Lipinski definition) is 6. The summed E-state index contributed by atoms with van der Waals surface area (Å²) in [6.45, 7) is 6.52. The molecule has 1 atom stereocenters. The van der Waals surface area contributed by atoms with Crippen molar-refractivity contribution >= 4 is 17.9 Å². The molecule has 0 aromatic carbocycles. The summed E-state index contributed by atoms with van der Waals surface area (Å²) >= 11 is 0. The first kappa shape index (κ1) is 57.1. The summed E-state index contributed by atoms with van der Waals surface area (Å²) in [5.74, 6) is -0.958. The van der Waals surface area contributed by atoms with E-state index in [9.17, 15) is 14.4 Å². The summed E-state index contributed by atoms with van der Waals surface area (Å²) in [6, 6.07) is 0. The third kappa shape index (κ3) is 46.2. The predicted molar refractivity (Wildman–Crippen MR) is 256 cm³/mol. The highest BCUT2D eigenvalue weighted by Crippen LogP contribution is 2.15. The van der Waals surface area contributed by atoms with Crippen molar-refractivity contribution in [2.24, 2.45) is 0 Å². The molecular formula is C54H94O6. The molecule has 0 N–H and O–H groups in total. The van der Waals surface area contributed by atoms with Gasteiger partial charge in [0, 0.05) is 19.3 Å². The van der Waals surface area contributed by atoms with Crippen LogP contribution in [0.15, 0.2) is 60.8 Å². The lowest BCUT2D eigenvalue weighted by atomic mass is 10.0. The van der Waals surface area contributed by atoms with Crippen molar-refractivity contribution in [2.45, 2.75) is 252 Å². The minimum atomic E-state index is -0.795. The largest absolute Gasteiger partial charge is 0.462 e. The van der Waals surface area contributed by atoms with Crippen LogP contribution in [0.1, 0.15) is 245 Å². The molecule has 60 heavy (non-hydrogen) atoms. The van der Waals surface area contributed by atoms with Gasteiger partial charge in [0.1, 0.15) is 13.2 Å². The minimum absolute atomic E-state index is 0.0941. The molecule has 0 aromatic rings. The Morgan fingerprint density at radius 1 is 0.333 bits per heavy atom. The van der Waals surface area contributed by atoms with Crippen molar-refractivity contribution in [1.82, 2.24) is 0 Å². The molecule has 0 fully saturated rings. The lowest BCUT2D eigenvalue weighted by molar-refractivity contribution is -0.167. The fraction of sp³-hybridized carbons (Fsp3) is 0.759. The van der Waals surface area contributed by atoms with E-state index in [0.717, 1.165) is 70.6 Å². The average molecular weight is 839 g/mol. The van der Waals surface area contributed by atoms with E-state index in [-0.39, 0.29) is 37.5 Å². The maximum Gasteiger partial charge on any atom is 0.306 e. The number of rotatable bonds is 45.